The monoisotopic (exact) mass is 540 g/mol. The molecule has 214 valence electrons. The second-order valence-corrected chi connectivity index (χ2v) is 10.9. The van der Waals surface area contributed by atoms with Crippen molar-refractivity contribution in [2.45, 2.75) is 82.0 Å². The number of fused-ring (bicyclic) bond motifs is 3. The van der Waals surface area contributed by atoms with Crippen molar-refractivity contribution in [1.29, 1.82) is 0 Å². The molecule has 0 spiro atoms. The number of ketones is 1. The predicted octanol–water partition coefficient (Wildman–Crippen LogP) is 4.94. The van der Waals surface area contributed by atoms with E-state index in [2.05, 4.69) is 10.2 Å². The first kappa shape index (κ1) is 27.5. The largest absolute Gasteiger partial charge is 0.497 e. The summed E-state index contributed by atoms with van der Waals surface area (Å²) in [5.41, 5.74) is 1.40. The molecule has 39 heavy (non-hydrogen) atoms. The number of aliphatic hydroxyl groups excluding tert-OH is 1. The van der Waals surface area contributed by atoms with Crippen molar-refractivity contribution in [3.8, 4) is 17.2 Å². The highest BCUT2D eigenvalue weighted by molar-refractivity contribution is 5.96. The van der Waals surface area contributed by atoms with Crippen LogP contribution in [0.3, 0.4) is 0 Å². The molecular weight excluding hydrogens is 496 g/mol. The van der Waals surface area contributed by atoms with Gasteiger partial charge < -0.3 is 24.6 Å². The summed E-state index contributed by atoms with van der Waals surface area (Å²) in [4.78, 5) is 27.9. The molecule has 1 amide bonds. The lowest BCUT2D eigenvalue weighted by Crippen LogP contribution is -2.48. The van der Waals surface area contributed by atoms with Gasteiger partial charge in [0.15, 0.2) is 17.3 Å². The molecule has 8 heteroatoms. The van der Waals surface area contributed by atoms with Crippen LogP contribution >= 0.6 is 0 Å². The number of hydrogen-bond acceptors (Lipinski definition) is 7. The van der Waals surface area contributed by atoms with Crippen molar-refractivity contribution >= 4 is 11.7 Å². The number of aliphatic hydroxyl groups is 1. The van der Waals surface area contributed by atoms with E-state index in [1.54, 1.807) is 31.4 Å². The van der Waals surface area contributed by atoms with E-state index in [0.29, 0.717) is 73.7 Å². The fourth-order valence-electron chi connectivity index (χ4n) is 6.19. The van der Waals surface area contributed by atoms with Crippen molar-refractivity contribution in [1.82, 2.24) is 10.2 Å². The molecule has 2 saturated heterocycles. The summed E-state index contributed by atoms with van der Waals surface area (Å²) < 4.78 is 16.5. The molecule has 2 aromatic rings. The zero-order chi connectivity index (χ0) is 27.2. The Morgan fingerprint density at radius 1 is 0.974 bits per heavy atom. The summed E-state index contributed by atoms with van der Waals surface area (Å²) >= 11 is 0. The van der Waals surface area contributed by atoms with Crippen LogP contribution in [0.25, 0.3) is 0 Å². The predicted molar refractivity (Wildman–Crippen MR) is 152 cm³/mol. The topological polar surface area (TPSA) is 97.3 Å². The number of benzene rings is 2. The second kappa shape index (κ2) is 12.8. The fraction of sp³-hybridized carbons (Fsp3) is 0.548. The number of carbonyl (C=O) groups excluding carboxylic acids is 2. The van der Waals surface area contributed by atoms with Gasteiger partial charge in [-0.2, -0.15) is 0 Å². The van der Waals surface area contributed by atoms with Crippen LogP contribution in [0.2, 0.25) is 0 Å². The van der Waals surface area contributed by atoms with Crippen molar-refractivity contribution < 1.29 is 31.8 Å². The van der Waals surface area contributed by atoms with E-state index >= 15 is 0 Å². The molecule has 0 unspecified atom stereocenters. The van der Waals surface area contributed by atoms with Crippen LogP contribution in [-0.4, -0.2) is 66.7 Å². The summed E-state index contributed by atoms with van der Waals surface area (Å²) in [6.45, 7) is 1.63. The van der Waals surface area contributed by atoms with Crippen LogP contribution in [0, 0.1) is 0 Å². The third-order valence-electron chi connectivity index (χ3n) is 8.37. The highest BCUT2D eigenvalue weighted by Crippen LogP contribution is 2.39. The third-order valence-corrected chi connectivity index (χ3v) is 8.37. The van der Waals surface area contributed by atoms with Gasteiger partial charge in [-0.1, -0.05) is 12.5 Å². The van der Waals surface area contributed by atoms with E-state index in [9.17, 15) is 14.7 Å². The molecule has 2 fully saturated rings. The van der Waals surface area contributed by atoms with E-state index in [1.165, 1.54) is 25.7 Å². The molecule has 0 aliphatic carbocycles. The first-order valence-corrected chi connectivity index (χ1v) is 14.3. The Bertz CT molecular complexity index is 1130. The van der Waals surface area contributed by atoms with Crippen LogP contribution in [0.1, 0.15) is 82.7 Å². The maximum atomic E-state index is 13.0. The van der Waals surface area contributed by atoms with Crippen molar-refractivity contribution in [2.75, 3.05) is 26.9 Å². The maximum Gasteiger partial charge on any atom is 0.220 e. The molecule has 2 aromatic carbocycles. The molecule has 3 aliphatic rings. The Hall–Kier alpha value is -3.10. The number of hydrogen-bond donors (Lipinski definition) is 2. The zero-order valence-corrected chi connectivity index (χ0v) is 22.8. The van der Waals surface area contributed by atoms with Gasteiger partial charge >= 0.3 is 0 Å². The van der Waals surface area contributed by atoms with Crippen molar-refractivity contribution in [2.24, 2.45) is 0 Å². The van der Waals surface area contributed by atoms with Crippen LogP contribution in [0.4, 0.5) is 0 Å². The molecular formula is C31H44N2O6. The molecule has 0 saturated carbocycles. The van der Waals surface area contributed by atoms with Gasteiger partial charge in [0.25, 0.3) is 0 Å². The van der Waals surface area contributed by atoms with Gasteiger partial charge in [0.1, 0.15) is 25.1 Å². The number of rotatable bonds is 13. The van der Waals surface area contributed by atoms with Crippen LogP contribution in [0.15, 0.2) is 42.5 Å². The Morgan fingerprint density at radius 2 is 1.64 bits per heavy atom. The summed E-state index contributed by atoms with van der Waals surface area (Å²) in [7, 11) is 1.60. The highest BCUT2D eigenvalue weighted by atomic mass is 16.6. The van der Waals surface area contributed by atoms with E-state index in [1.807, 2.05) is 18.2 Å². The molecule has 2 atom stereocenters. The third kappa shape index (κ3) is 6.73. The van der Waals surface area contributed by atoms with Gasteiger partial charge in [0, 0.05) is 39.9 Å². The zero-order valence-electron chi connectivity index (χ0n) is 22.8. The molecule has 5 rings (SSSR count). The lowest BCUT2D eigenvalue weighted by atomic mass is 10.00. The number of ether oxygens (including phenoxy) is 3. The van der Waals surface area contributed by atoms with E-state index in [4.69, 9.17) is 14.2 Å². The number of amides is 1. The smallest absolute Gasteiger partial charge is 0.220 e. The second-order valence-electron chi connectivity index (χ2n) is 10.9. The van der Waals surface area contributed by atoms with Gasteiger partial charge in [-0.05, 0) is 80.5 Å². The summed E-state index contributed by atoms with van der Waals surface area (Å²) in [6.07, 6.45) is 6.98. The number of carbonyl (C=O) groups is 2. The van der Waals surface area contributed by atoms with E-state index in [-0.39, 0.29) is 14.5 Å². The van der Waals surface area contributed by atoms with Crippen molar-refractivity contribution in [3.05, 3.63) is 53.6 Å². The van der Waals surface area contributed by atoms with E-state index < -0.39 is 12.1 Å². The quantitative estimate of drug-likeness (QED) is 0.274. The van der Waals surface area contributed by atoms with E-state index in [0.717, 1.165) is 18.6 Å². The van der Waals surface area contributed by atoms with Crippen molar-refractivity contribution in [3.63, 3.8) is 0 Å². The summed E-state index contributed by atoms with van der Waals surface area (Å²) in [5.74, 6) is 2.08. The SMILES string of the molecule is COc1ccc(C(=O)CCCCCC(=O)N[C@H](CN2C3CCC2CC3)[C@H](O)c2ccc3c(c2)OCCO3)cc1.[HH].[HH]. The van der Waals surface area contributed by atoms with Crippen LogP contribution < -0.4 is 19.5 Å². The lowest BCUT2D eigenvalue weighted by Gasteiger charge is -2.32. The fourth-order valence-corrected chi connectivity index (χ4v) is 6.19. The number of Topliss-reactive ketones (excluding diaryl/α,β-unsaturated/α-hetero) is 1. The average molecular weight is 541 g/mol. The van der Waals surface area contributed by atoms with Crippen LogP contribution in [0.5, 0.6) is 17.2 Å². The Morgan fingerprint density at radius 3 is 2.33 bits per heavy atom. The summed E-state index contributed by atoms with van der Waals surface area (Å²) in [6, 6.07) is 13.4. The molecule has 8 nitrogen and oxygen atoms in total. The normalized spacial score (nSPS) is 21.4. The van der Waals surface area contributed by atoms with Crippen LogP contribution in [-0.2, 0) is 4.79 Å². The highest BCUT2D eigenvalue weighted by Gasteiger charge is 2.41. The Kier molecular flexibility index (Phi) is 9.04. The molecule has 2 N–H and O–H groups in total. The molecule has 3 aliphatic heterocycles. The first-order valence-electron chi connectivity index (χ1n) is 14.3. The number of unbranched alkanes of at least 4 members (excludes halogenated alkanes) is 2. The Balaban J connectivity index is 0.00000231. The number of methoxy groups -OCH3 is 1. The molecule has 3 heterocycles. The van der Waals surface area contributed by atoms with Gasteiger partial charge in [0.2, 0.25) is 5.91 Å². The average Bonchev–Trinajstić information content (AvgIpc) is 3.54. The Labute approximate surface area is 233 Å². The standard InChI is InChI=1S/C31H40N2O6.2H2/c1-37-25-14-7-21(8-15-25)27(34)5-3-2-4-6-30(35)32-26(20-33-23-10-11-24(33)13-12-23)31(36)22-9-16-28-29(19-22)39-18-17-38-28;;/h7-9,14-16,19,23-24,26,31,36H,2-6,10-13,17-18,20H2,1H3,(H,32,35);2*1H/t23?,24?,26-,31-;;/m1../s1. The maximum absolute atomic E-state index is 13.0. The summed E-state index contributed by atoms with van der Waals surface area (Å²) in [5, 5.41) is 14.6. The number of nitrogens with zero attached hydrogens (tertiary/aromatic N) is 1. The minimum absolute atomic E-state index is 0. The molecule has 0 radical (unpaired) electrons. The van der Waals surface area contributed by atoms with Gasteiger partial charge in [-0.15, -0.1) is 0 Å². The number of nitrogens with one attached hydrogen (secondary N) is 1. The van der Waals surface area contributed by atoms with Gasteiger partial charge in [-0.25, -0.2) is 0 Å². The minimum atomic E-state index is -0.855. The molecule has 2 bridgehead atoms. The van der Waals surface area contributed by atoms with Gasteiger partial charge in [-0.3, -0.25) is 14.5 Å². The lowest BCUT2D eigenvalue weighted by molar-refractivity contribution is -0.123. The van der Waals surface area contributed by atoms with Gasteiger partial charge in [0.05, 0.1) is 13.2 Å². The molecule has 0 aromatic heterocycles. The first-order chi connectivity index (χ1) is 19.0. The minimum Gasteiger partial charge on any atom is -0.497 e.